The molecule has 1 aliphatic rings. The highest BCUT2D eigenvalue weighted by Crippen LogP contribution is 2.32. The first-order valence-corrected chi connectivity index (χ1v) is 4.41. The Morgan fingerprint density at radius 3 is 2.85 bits per heavy atom. The Bertz CT molecular complexity index is 308. The first-order chi connectivity index (χ1) is 6.31. The monoisotopic (exact) mass is 179 g/mol. The smallest absolute Gasteiger partial charge is 0.120 e. The Hall–Kier alpha value is -1.22. The van der Waals surface area contributed by atoms with Gasteiger partial charge in [-0.3, -0.25) is 0 Å². The minimum Gasteiger partial charge on any atom is -0.508 e. The van der Waals surface area contributed by atoms with Gasteiger partial charge in [0.1, 0.15) is 11.5 Å². The summed E-state index contributed by atoms with van der Waals surface area (Å²) in [5, 5.41) is 12.8. The summed E-state index contributed by atoms with van der Waals surface area (Å²) in [4.78, 5) is 0. The van der Waals surface area contributed by atoms with Gasteiger partial charge in [-0.25, -0.2) is 0 Å². The Labute approximate surface area is 77.3 Å². The number of benzene rings is 1. The highest BCUT2D eigenvalue weighted by atomic mass is 16.5. The first-order valence-electron chi connectivity index (χ1n) is 4.41. The third kappa shape index (κ3) is 1.47. The van der Waals surface area contributed by atoms with E-state index in [0.717, 1.165) is 24.3 Å². The van der Waals surface area contributed by atoms with Crippen LogP contribution in [-0.2, 0) is 0 Å². The third-order valence-corrected chi connectivity index (χ3v) is 2.43. The maximum Gasteiger partial charge on any atom is 0.120 e. The molecule has 0 amide bonds. The van der Waals surface area contributed by atoms with E-state index in [9.17, 15) is 5.11 Å². The van der Waals surface area contributed by atoms with Crippen molar-refractivity contribution in [3.8, 4) is 11.5 Å². The lowest BCUT2D eigenvalue weighted by atomic mass is 9.97. The van der Waals surface area contributed by atoms with Crippen LogP contribution in [0.4, 0.5) is 0 Å². The van der Waals surface area contributed by atoms with Crippen molar-refractivity contribution < 1.29 is 9.84 Å². The van der Waals surface area contributed by atoms with Crippen LogP contribution in [0.3, 0.4) is 0 Å². The van der Waals surface area contributed by atoms with E-state index in [0.29, 0.717) is 11.8 Å². The number of phenols is 1. The van der Waals surface area contributed by atoms with Gasteiger partial charge < -0.3 is 15.2 Å². The van der Waals surface area contributed by atoms with E-state index in [1.807, 2.05) is 6.07 Å². The molecule has 0 spiro atoms. The average Bonchev–Trinajstić information content (AvgIpc) is 2.06. The normalized spacial score (nSPS) is 20.8. The zero-order valence-electron chi connectivity index (χ0n) is 7.58. The summed E-state index contributed by atoms with van der Waals surface area (Å²) in [5.41, 5.74) is 0.936. The molecule has 0 aliphatic carbocycles. The van der Waals surface area contributed by atoms with Crippen LogP contribution in [0.2, 0.25) is 0 Å². The second kappa shape index (κ2) is 3.26. The van der Waals surface area contributed by atoms with Gasteiger partial charge >= 0.3 is 0 Å². The number of hydrogen-bond donors (Lipinski definition) is 2. The number of ether oxygens (including phenoxy) is 1. The second-order valence-corrected chi connectivity index (χ2v) is 3.22. The second-order valence-electron chi connectivity index (χ2n) is 3.22. The van der Waals surface area contributed by atoms with Crippen molar-refractivity contribution in [1.82, 2.24) is 5.32 Å². The SMILES string of the molecule is COc1ccc(O)c(C2CCN2)c1. The lowest BCUT2D eigenvalue weighted by molar-refractivity contribution is 0.359. The van der Waals surface area contributed by atoms with E-state index in [1.54, 1.807) is 19.2 Å². The van der Waals surface area contributed by atoms with Crippen molar-refractivity contribution in [1.29, 1.82) is 0 Å². The summed E-state index contributed by atoms with van der Waals surface area (Å²) >= 11 is 0. The van der Waals surface area contributed by atoms with Crippen LogP contribution in [0.1, 0.15) is 18.0 Å². The quantitative estimate of drug-likeness (QED) is 0.721. The predicted octanol–water partition coefficient (Wildman–Crippen LogP) is 1.44. The molecule has 1 aromatic carbocycles. The van der Waals surface area contributed by atoms with E-state index >= 15 is 0 Å². The molecule has 2 rings (SSSR count). The van der Waals surface area contributed by atoms with Crippen molar-refractivity contribution in [3.05, 3.63) is 23.8 Å². The minimum atomic E-state index is 0.301. The Balaban J connectivity index is 2.30. The van der Waals surface area contributed by atoms with E-state index in [-0.39, 0.29) is 0 Å². The molecule has 1 heterocycles. The van der Waals surface area contributed by atoms with Crippen LogP contribution in [0.25, 0.3) is 0 Å². The summed E-state index contributed by atoms with van der Waals surface area (Å²) in [6, 6.07) is 5.62. The molecule has 0 radical (unpaired) electrons. The molecule has 13 heavy (non-hydrogen) atoms. The fourth-order valence-corrected chi connectivity index (χ4v) is 1.49. The molecular formula is C10H13NO2. The van der Waals surface area contributed by atoms with Crippen LogP contribution in [-0.4, -0.2) is 18.8 Å². The topological polar surface area (TPSA) is 41.5 Å². The molecule has 1 aromatic rings. The molecule has 0 bridgehead atoms. The third-order valence-electron chi connectivity index (χ3n) is 2.43. The van der Waals surface area contributed by atoms with Crippen LogP contribution in [0.15, 0.2) is 18.2 Å². The Kier molecular flexibility index (Phi) is 2.10. The lowest BCUT2D eigenvalue weighted by Crippen LogP contribution is -2.34. The summed E-state index contributed by atoms with van der Waals surface area (Å²) in [5.74, 6) is 1.14. The van der Waals surface area contributed by atoms with Crippen molar-refractivity contribution in [2.75, 3.05) is 13.7 Å². The molecule has 0 aromatic heterocycles. The molecule has 70 valence electrons. The molecule has 1 saturated heterocycles. The summed E-state index contributed by atoms with van der Waals surface area (Å²) < 4.78 is 5.09. The molecule has 1 unspecified atom stereocenters. The fourth-order valence-electron chi connectivity index (χ4n) is 1.49. The van der Waals surface area contributed by atoms with Gasteiger partial charge in [-0.1, -0.05) is 0 Å². The van der Waals surface area contributed by atoms with Gasteiger partial charge in [-0.2, -0.15) is 0 Å². The van der Waals surface area contributed by atoms with Gasteiger partial charge in [0.05, 0.1) is 7.11 Å². The number of methoxy groups -OCH3 is 1. The highest BCUT2D eigenvalue weighted by Gasteiger charge is 2.21. The zero-order valence-corrected chi connectivity index (χ0v) is 7.58. The fraction of sp³-hybridized carbons (Fsp3) is 0.400. The van der Waals surface area contributed by atoms with E-state index in [4.69, 9.17) is 4.74 Å². The standard InChI is InChI=1S/C10H13NO2/c1-13-7-2-3-10(12)8(6-7)9-4-5-11-9/h2-3,6,9,11-12H,4-5H2,1H3. The maximum absolute atomic E-state index is 9.57. The highest BCUT2D eigenvalue weighted by molar-refractivity contribution is 5.41. The number of phenolic OH excluding ortho intramolecular Hbond substituents is 1. The summed E-state index contributed by atoms with van der Waals surface area (Å²) in [7, 11) is 1.63. The van der Waals surface area contributed by atoms with Crippen LogP contribution < -0.4 is 10.1 Å². The number of hydrogen-bond acceptors (Lipinski definition) is 3. The minimum absolute atomic E-state index is 0.301. The van der Waals surface area contributed by atoms with E-state index < -0.39 is 0 Å². The van der Waals surface area contributed by atoms with Crippen molar-refractivity contribution in [2.45, 2.75) is 12.5 Å². The predicted molar refractivity (Wildman–Crippen MR) is 50.0 cm³/mol. The molecule has 2 N–H and O–H groups in total. The molecular weight excluding hydrogens is 166 g/mol. The molecule has 3 nitrogen and oxygen atoms in total. The zero-order chi connectivity index (χ0) is 9.26. The van der Waals surface area contributed by atoms with Crippen LogP contribution in [0.5, 0.6) is 11.5 Å². The van der Waals surface area contributed by atoms with Crippen molar-refractivity contribution >= 4 is 0 Å². The summed E-state index contributed by atoms with van der Waals surface area (Å²) in [6.07, 6.45) is 1.08. The Morgan fingerprint density at radius 1 is 1.54 bits per heavy atom. The molecule has 3 heteroatoms. The number of aromatic hydroxyl groups is 1. The molecule has 1 fully saturated rings. The van der Waals surface area contributed by atoms with Crippen molar-refractivity contribution in [2.24, 2.45) is 0 Å². The Morgan fingerprint density at radius 2 is 2.31 bits per heavy atom. The molecule has 0 saturated carbocycles. The van der Waals surface area contributed by atoms with Gasteiger partial charge in [0.15, 0.2) is 0 Å². The lowest BCUT2D eigenvalue weighted by Gasteiger charge is -2.28. The van der Waals surface area contributed by atoms with E-state index in [1.165, 1.54) is 0 Å². The first kappa shape index (κ1) is 8.38. The molecule has 1 aliphatic heterocycles. The summed E-state index contributed by atoms with van der Waals surface area (Å²) in [6.45, 7) is 1.03. The average molecular weight is 179 g/mol. The van der Waals surface area contributed by atoms with Gasteiger partial charge in [0.25, 0.3) is 0 Å². The van der Waals surface area contributed by atoms with Gasteiger partial charge in [-0.15, -0.1) is 0 Å². The maximum atomic E-state index is 9.57. The van der Waals surface area contributed by atoms with Gasteiger partial charge in [-0.05, 0) is 31.2 Å². The number of rotatable bonds is 2. The van der Waals surface area contributed by atoms with E-state index in [2.05, 4.69) is 5.32 Å². The van der Waals surface area contributed by atoms with Gasteiger partial charge in [0.2, 0.25) is 0 Å². The van der Waals surface area contributed by atoms with Crippen LogP contribution in [0, 0.1) is 0 Å². The van der Waals surface area contributed by atoms with Gasteiger partial charge in [0, 0.05) is 11.6 Å². The number of nitrogens with one attached hydrogen (secondary N) is 1. The molecule has 1 atom stereocenters. The van der Waals surface area contributed by atoms with Crippen LogP contribution >= 0.6 is 0 Å². The largest absolute Gasteiger partial charge is 0.508 e. The van der Waals surface area contributed by atoms with Crippen molar-refractivity contribution in [3.63, 3.8) is 0 Å².